The van der Waals surface area contributed by atoms with E-state index < -0.39 is 10.1 Å². The highest BCUT2D eigenvalue weighted by Gasteiger charge is 2.25. The molecule has 0 aliphatic carbocycles. The van der Waals surface area contributed by atoms with Gasteiger partial charge >= 0.3 is 5.97 Å². The number of hydrogen-bond acceptors (Lipinski definition) is 6. The fraction of sp³-hybridized carbons (Fsp3) is 0.577. The van der Waals surface area contributed by atoms with Crippen LogP contribution in [-0.2, 0) is 26.2 Å². The molecule has 2 aromatic rings. The van der Waals surface area contributed by atoms with E-state index in [1.54, 1.807) is 12.4 Å². The van der Waals surface area contributed by atoms with E-state index in [0.29, 0.717) is 31.9 Å². The third-order valence-corrected chi connectivity index (χ3v) is 7.01. The lowest BCUT2D eigenvalue weighted by atomic mass is 9.80. The Hall–Kier alpha value is -2.32. The van der Waals surface area contributed by atoms with Gasteiger partial charge in [0.15, 0.2) is 12.4 Å². The molecule has 0 amide bonds. The van der Waals surface area contributed by atoms with Crippen LogP contribution in [0.3, 0.4) is 0 Å². The summed E-state index contributed by atoms with van der Waals surface area (Å²) >= 11 is 0. The molecule has 0 N–H and O–H groups in total. The second-order valence-electron chi connectivity index (χ2n) is 8.96. The quantitative estimate of drug-likeness (QED) is 0.159. The zero-order valence-corrected chi connectivity index (χ0v) is 21.4. The second kappa shape index (κ2) is 14.2. The highest BCUT2D eigenvalue weighted by molar-refractivity contribution is 7.85. The standard InChI is InChI=1S/C26H38N2O5S/c1-4-6-17-33-26(29)21(3)19-25(23-8-12-27-13-9-23)20-22(5-2)24-10-15-28(16-11-24)14-7-18-34(30,31)32/h8-13,15-16,21-22,25H,4-7,14,17-20H2,1-3H3. The number of ether oxygens (including phenoxy) is 1. The lowest BCUT2D eigenvalue weighted by Gasteiger charge is -2.25. The molecular weight excluding hydrogens is 452 g/mol. The van der Waals surface area contributed by atoms with Crippen LogP contribution < -0.4 is 4.57 Å². The summed E-state index contributed by atoms with van der Waals surface area (Å²) in [7, 11) is -4.18. The highest BCUT2D eigenvalue weighted by Crippen LogP contribution is 2.36. The van der Waals surface area contributed by atoms with Crippen LogP contribution in [0.2, 0.25) is 0 Å². The molecule has 0 radical (unpaired) electrons. The zero-order valence-electron chi connectivity index (χ0n) is 20.6. The first kappa shape index (κ1) is 27.9. The maximum absolute atomic E-state index is 12.5. The van der Waals surface area contributed by atoms with Crippen molar-refractivity contribution in [1.82, 2.24) is 4.98 Å². The summed E-state index contributed by atoms with van der Waals surface area (Å²) in [6.45, 7) is 7.13. The van der Waals surface area contributed by atoms with Gasteiger partial charge in [-0.1, -0.05) is 27.2 Å². The Morgan fingerprint density at radius 3 is 2.26 bits per heavy atom. The monoisotopic (exact) mass is 490 g/mol. The number of aryl methyl sites for hydroxylation is 1. The smallest absolute Gasteiger partial charge is 0.308 e. The van der Waals surface area contributed by atoms with Gasteiger partial charge in [-0.25, -0.2) is 13.0 Å². The third-order valence-electron chi connectivity index (χ3n) is 6.22. The molecule has 2 heterocycles. The van der Waals surface area contributed by atoms with Crippen LogP contribution in [0, 0.1) is 5.92 Å². The van der Waals surface area contributed by atoms with Crippen molar-refractivity contribution in [1.29, 1.82) is 0 Å². The van der Waals surface area contributed by atoms with Crippen molar-refractivity contribution in [3.8, 4) is 0 Å². The van der Waals surface area contributed by atoms with Gasteiger partial charge in [-0.2, -0.15) is 0 Å². The Bertz CT molecular complexity index is 964. The first-order valence-electron chi connectivity index (χ1n) is 12.2. The Kier molecular flexibility index (Phi) is 11.6. The van der Waals surface area contributed by atoms with Crippen molar-refractivity contribution in [2.24, 2.45) is 5.92 Å². The van der Waals surface area contributed by atoms with Crippen LogP contribution in [0.1, 0.15) is 82.3 Å². The lowest BCUT2D eigenvalue weighted by molar-refractivity contribution is -0.696. The first-order valence-corrected chi connectivity index (χ1v) is 13.8. The average molecular weight is 491 g/mol. The van der Waals surface area contributed by atoms with Crippen LogP contribution in [0.5, 0.6) is 0 Å². The maximum Gasteiger partial charge on any atom is 0.308 e. The second-order valence-corrected chi connectivity index (χ2v) is 10.5. The molecular formula is C26H38N2O5S. The Morgan fingerprint density at radius 2 is 1.68 bits per heavy atom. The van der Waals surface area contributed by atoms with E-state index in [-0.39, 0.29) is 23.6 Å². The Balaban J connectivity index is 2.08. The number of hydrogen-bond donors (Lipinski definition) is 0. The number of carbonyl (C=O) groups is 1. The molecule has 0 saturated heterocycles. The molecule has 188 valence electrons. The van der Waals surface area contributed by atoms with Gasteiger partial charge in [0, 0.05) is 36.7 Å². The molecule has 0 saturated carbocycles. The number of esters is 1. The van der Waals surface area contributed by atoms with E-state index >= 15 is 0 Å². The third kappa shape index (κ3) is 9.89. The predicted octanol–water partition coefficient (Wildman–Crippen LogP) is 4.34. The first-order chi connectivity index (χ1) is 16.2. The molecule has 0 spiro atoms. The molecule has 0 aromatic carbocycles. The van der Waals surface area contributed by atoms with Crippen LogP contribution >= 0.6 is 0 Å². The van der Waals surface area contributed by atoms with Crippen molar-refractivity contribution in [3.63, 3.8) is 0 Å². The van der Waals surface area contributed by atoms with Crippen molar-refractivity contribution in [2.75, 3.05) is 12.4 Å². The van der Waals surface area contributed by atoms with Gasteiger partial charge in [0.25, 0.3) is 0 Å². The number of aromatic nitrogens is 2. The van der Waals surface area contributed by atoms with E-state index in [0.717, 1.165) is 25.7 Å². The zero-order chi connectivity index (χ0) is 25.0. The van der Waals surface area contributed by atoms with Gasteiger partial charge in [-0.15, -0.1) is 0 Å². The van der Waals surface area contributed by atoms with Crippen molar-refractivity contribution >= 4 is 16.1 Å². The number of rotatable bonds is 15. The topological polar surface area (TPSA) is 100 Å². The van der Waals surface area contributed by atoms with Gasteiger partial charge in [0.05, 0.1) is 22.6 Å². The van der Waals surface area contributed by atoms with Crippen LogP contribution in [-0.4, -0.2) is 36.3 Å². The Labute approximate surface area is 204 Å². The summed E-state index contributed by atoms with van der Waals surface area (Å²) in [6.07, 6.45) is 12.2. The van der Waals surface area contributed by atoms with Crippen LogP contribution in [0.15, 0.2) is 49.1 Å². The number of unbranched alkanes of at least 4 members (excludes halogenated alkanes) is 1. The summed E-state index contributed by atoms with van der Waals surface area (Å²) in [5, 5.41) is 0. The summed E-state index contributed by atoms with van der Waals surface area (Å²) in [6, 6.07) is 8.17. The molecule has 0 aliphatic heterocycles. The maximum atomic E-state index is 12.5. The molecule has 0 aliphatic rings. The highest BCUT2D eigenvalue weighted by atomic mass is 32.2. The van der Waals surface area contributed by atoms with Gasteiger partial charge in [-0.3, -0.25) is 9.78 Å². The lowest BCUT2D eigenvalue weighted by Crippen LogP contribution is -2.33. The largest absolute Gasteiger partial charge is 0.748 e. The minimum Gasteiger partial charge on any atom is -0.748 e. The molecule has 7 nitrogen and oxygen atoms in total. The normalized spacial score (nSPS) is 14.4. The molecule has 3 atom stereocenters. The molecule has 0 fully saturated rings. The predicted molar refractivity (Wildman–Crippen MR) is 130 cm³/mol. The van der Waals surface area contributed by atoms with E-state index in [1.165, 1.54) is 11.1 Å². The summed E-state index contributed by atoms with van der Waals surface area (Å²) in [5.41, 5.74) is 2.37. The molecule has 2 aromatic heterocycles. The summed E-state index contributed by atoms with van der Waals surface area (Å²) < 4.78 is 39.8. The van der Waals surface area contributed by atoms with Gasteiger partial charge in [-0.05, 0) is 60.8 Å². The molecule has 2 rings (SSSR count). The Morgan fingerprint density at radius 1 is 1.03 bits per heavy atom. The van der Waals surface area contributed by atoms with E-state index in [4.69, 9.17) is 4.74 Å². The minimum absolute atomic E-state index is 0.138. The van der Waals surface area contributed by atoms with Gasteiger partial charge in [0.1, 0.15) is 6.54 Å². The van der Waals surface area contributed by atoms with E-state index in [2.05, 4.69) is 31.0 Å². The van der Waals surface area contributed by atoms with Crippen molar-refractivity contribution in [2.45, 2.75) is 77.7 Å². The molecule has 8 heteroatoms. The van der Waals surface area contributed by atoms with E-state index in [1.807, 2.05) is 36.0 Å². The fourth-order valence-corrected chi connectivity index (χ4v) is 4.66. The van der Waals surface area contributed by atoms with Crippen LogP contribution in [0.25, 0.3) is 0 Å². The molecule has 34 heavy (non-hydrogen) atoms. The number of carbonyl (C=O) groups excluding carboxylic acids is 1. The van der Waals surface area contributed by atoms with Gasteiger partial charge < -0.3 is 9.29 Å². The fourth-order valence-electron chi connectivity index (χ4n) is 4.18. The van der Waals surface area contributed by atoms with Crippen molar-refractivity contribution in [3.05, 3.63) is 60.2 Å². The van der Waals surface area contributed by atoms with Crippen LogP contribution in [0.4, 0.5) is 0 Å². The SMILES string of the molecule is CCCCOC(=O)C(C)CC(CC(CC)c1cc[n+](CCCS(=O)(=O)[O-])cc1)c1ccncc1. The number of nitrogens with zero attached hydrogens (tertiary/aromatic N) is 2. The van der Waals surface area contributed by atoms with Crippen molar-refractivity contribution < 1.29 is 27.1 Å². The summed E-state index contributed by atoms with van der Waals surface area (Å²) in [4.78, 5) is 16.6. The molecule has 3 unspecified atom stereocenters. The van der Waals surface area contributed by atoms with E-state index in [9.17, 15) is 17.8 Å². The molecule has 0 bridgehead atoms. The summed E-state index contributed by atoms with van der Waals surface area (Å²) in [5.74, 6) is -0.190. The minimum atomic E-state index is -4.18. The average Bonchev–Trinajstić information content (AvgIpc) is 2.82. The number of pyridine rings is 2. The van der Waals surface area contributed by atoms with Gasteiger partial charge in [0.2, 0.25) is 0 Å².